The highest BCUT2D eigenvalue weighted by Gasteiger charge is 2.15. The number of nitrogens with zero attached hydrogens (tertiary/aromatic N) is 2. The van der Waals surface area contributed by atoms with Gasteiger partial charge in [-0.1, -0.05) is 18.2 Å². The van der Waals surface area contributed by atoms with E-state index in [1.54, 1.807) is 11.3 Å². The molecule has 1 saturated heterocycles. The fourth-order valence-corrected chi connectivity index (χ4v) is 4.17. The fourth-order valence-electron chi connectivity index (χ4n) is 3.05. The first-order valence-electron chi connectivity index (χ1n) is 8.32. The van der Waals surface area contributed by atoms with E-state index in [4.69, 9.17) is 0 Å². The molecule has 2 aromatic rings. The Balaban J connectivity index is 1.48. The van der Waals surface area contributed by atoms with Gasteiger partial charge in [-0.05, 0) is 44.0 Å². The average molecular weight is 331 g/mol. The minimum atomic E-state index is 0.0714. The molecule has 4 nitrogen and oxygen atoms in total. The number of hydrogen-bond acceptors (Lipinski definition) is 4. The maximum Gasteiger partial charge on any atom is 0.261 e. The smallest absolute Gasteiger partial charge is 0.261 e. The Bertz CT molecular complexity index is 674. The third-order valence-corrected chi connectivity index (χ3v) is 5.85. The Labute approximate surface area is 142 Å². The summed E-state index contributed by atoms with van der Waals surface area (Å²) in [6.45, 7) is 8.43. The zero-order valence-electron chi connectivity index (χ0n) is 14.0. The van der Waals surface area contributed by atoms with Crippen molar-refractivity contribution in [2.45, 2.75) is 13.3 Å². The van der Waals surface area contributed by atoms with E-state index in [-0.39, 0.29) is 5.91 Å². The number of carbonyl (C=O) groups excluding carboxylic acids is 1. The lowest BCUT2D eigenvalue weighted by Crippen LogP contribution is -2.45. The number of amides is 1. The zero-order valence-corrected chi connectivity index (χ0v) is 14.8. The SMILES string of the molecule is Cc1c(C(=O)NCCCN2CCN(C)CC2)sc2ccccc12. The lowest BCUT2D eigenvalue weighted by molar-refractivity contribution is 0.0953. The molecule has 0 spiro atoms. The van der Waals surface area contributed by atoms with Crippen LogP contribution in [0.3, 0.4) is 0 Å². The van der Waals surface area contributed by atoms with E-state index in [1.807, 2.05) is 19.1 Å². The van der Waals surface area contributed by atoms with Crippen molar-refractivity contribution in [2.75, 3.05) is 46.3 Å². The fraction of sp³-hybridized carbons (Fsp3) is 0.500. The minimum Gasteiger partial charge on any atom is -0.351 e. The zero-order chi connectivity index (χ0) is 16.2. The van der Waals surface area contributed by atoms with Gasteiger partial charge < -0.3 is 15.1 Å². The summed E-state index contributed by atoms with van der Waals surface area (Å²) in [6, 6.07) is 8.22. The number of fused-ring (bicyclic) bond motifs is 1. The first-order chi connectivity index (χ1) is 11.1. The van der Waals surface area contributed by atoms with Crippen molar-refractivity contribution < 1.29 is 4.79 Å². The Hall–Kier alpha value is -1.43. The van der Waals surface area contributed by atoms with Crippen LogP contribution >= 0.6 is 11.3 Å². The molecule has 1 aliphatic rings. The van der Waals surface area contributed by atoms with E-state index < -0.39 is 0 Å². The quantitative estimate of drug-likeness (QED) is 0.856. The normalized spacial score (nSPS) is 16.8. The summed E-state index contributed by atoms with van der Waals surface area (Å²) in [5.41, 5.74) is 1.10. The van der Waals surface area contributed by atoms with Gasteiger partial charge in [0, 0.05) is 37.4 Å². The predicted molar refractivity (Wildman–Crippen MR) is 97.4 cm³/mol. The first kappa shape index (κ1) is 16.4. The molecule has 1 aliphatic heterocycles. The van der Waals surface area contributed by atoms with E-state index in [2.05, 4.69) is 34.3 Å². The average Bonchev–Trinajstić information content (AvgIpc) is 2.90. The van der Waals surface area contributed by atoms with Crippen molar-refractivity contribution in [2.24, 2.45) is 0 Å². The van der Waals surface area contributed by atoms with Crippen LogP contribution in [0.15, 0.2) is 24.3 Å². The van der Waals surface area contributed by atoms with Crippen molar-refractivity contribution in [1.82, 2.24) is 15.1 Å². The van der Waals surface area contributed by atoms with Gasteiger partial charge in [-0.15, -0.1) is 11.3 Å². The maximum absolute atomic E-state index is 12.4. The molecule has 1 fully saturated rings. The number of hydrogen-bond donors (Lipinski definition) is 1. The molecular formula is C18H25N3OS. The third kappa shape index (κ3) is 3.91. The van der Waals surface area contributed by atoms with Crippen molar-refractivity contribution in [3.8, 4) is 0 Å². The van der Waals surface area contributed by atoms with Gasteiger partial charge in [0.1, 0.15) is 0 Å². The molecular weight excluding hydrogens is 306 g/mol. The molecule has 0 atom stereocenters. The molecule has 0 radical (unpaired) electrons. The number of piperazine rings is 1. The highest BCUT2D eigenvalue weighted by Crippen LogP contribution is 2.30. The van der Waals surface area contributed by atoms with Gasteiger partial charge in [-0.3, -0.25) is 4.79 Å². The number of carbonyl (C=O) groups is 1. The van der Waals surface area contributed by atoms with Gasteiger partial charge in [0.25, 0.3) is 5.91 Å². The van der Waals surface area contributed by atoms with Crippen LogP contribution in [0, 0.1) is 6.92 Å². The number of nitrogens with one attached hydrogen (secondary N) is 1. The van der Waals surface area contributed by atoms with Crippen LogP contribution in [0.5, 0.6) is 0 Å². The number of thiophene rings is 1. The lowest BCUT2D eigenvalue weighted by atomic mass is 10.1. The molecule has 124 valence electrons. The molecule has 3 rings (SSSR count). The van der Waals surface area contributed by atoms with E-state index in [9.17, 15) is 4.79 Å². The van der Waals surface area contributed by atoms with Gasteiger partial charge in [-0.2, -0.15) is 0 Å². The van der Waals surface area contributed by atoms with Gasteiger partial charge in [0.15, 0.2) is 0 Å². The number of likely N-dealkylation sites (N-methyl/N-ethyl adjacent to an activating group) is 1. The predicted octanol–water partition coefficient (Wildman–Crippen LogP) is 2.58. The third-order valence-electron chi connectivity index (χ3n) is 4.58. The monoisotopic (exact) mass is 331 g/mol. The molecule has 0 bridgehead atoms. The summed E-state index contributed by atoms with van der Waals surface area (Å²) in [6.07, 6.45) is 1.01. The molecule has 0 aliphatic carbocycles. The van der Waals surface area contributed by atoms with Crippen LogP contribution in [0.4, 0.5) is 0 Å². The van der Waals surface area contributed by atoms with Gasteiger partial charge >= 0.3 is 0 Å². The summed E-state index contributed by atoms with van der Waals surface area (Å²) in [5, 5.41) is 4.28. The van der Waals surface area contributed by atoms with Crippen LogP contribution in [-0.4, -0.2) is 62.0 Å². The minimum absolute atomic E-state index is 0.0714. The molecule has 23 heavy (non-hydrogen) atoms. The van der Waals surface area contributed by atoms with Crippen molar-refractivity contribution in [3.63, 3.8) is 0 Å². The summed E-state index contributed by atoms with van der Waals surface area (Å²) in [5.74, 6) is 0.0714. The molecule has 0 saturated carbocycles. The topological polar surface area (TPSA) is 35.6 Å². The second-order valence-corrected chi connectivity index (χ2v) is 7.36. The Kier molecular flexibility index (Phi) is 5.30. The highest BCUT2D eigenvalue weighted by molar-refractivity contribution is 7.21. The van der Waals surface area contributed by atoms with Crippen molar-refractivity contribution >= 4 is 27.3 Å². The van der Waals surface area contributed by atoms with Crippen molar-refractivity contribution in [1.29, 1.82) is 0 Å². The van der Waals surface area contributed by atoms with Crippen LogP contribution < -0.4 is 5.32 Å². The number of aryl methyl sites for hydroxylation is 1. The van der Waals surface area contributed by atoms with Gasteiger partial charge in [0.05, 0.1) is 4.88 Å². The molecule has 1 aromatic carbocycles. The molecule has 0 unspecified atom stereocenters. The first-order valence-corrected chi connectivity index (χ1v) is 9.14. The highest BCUT2D eigenvalue weighted by atomic mass is 32.1. The second kappa shape index (κ2) is 7.43. The standard InChI is InChI=1S/C18H25N3OS/c1-14-15-6-3-4-7-16(15)23-17(14)18(22)19-8-5-9-21-12-10-20(2)11-13-21/h3-4,6-7H,5,8-13H2,1-2H3,(H,19,22). The van der Waals surface area contributed by atoms with E-state index in [1.165, 1.54) is 10.1 Å². The largest absolute Gasteiger partial charge is 0.351 e. The summed E-state index contributed by atoms with van der Waals surface area (Å²) in [4.78, 5) is 18.1. The van der Waals surface area contributed by atoms with Crippen LogP contribution in [0.2, 0.25) is 0 Å². The van der Waals surface area contributed by atoms with Crippen molar-refractivity contribution in [3.05, 3.63) is 34.7 Å². The number of rotatable bonds is 5. The van der Waals surface area contributed by atoms with E-state index in [0.717, 1.165) is 56.1 Å². The molecule has 1 aromatic heterocycles. The van der Waals surface area contributed by atoms with E-state index in [0.29, 0.717) is 0 Å². The van der Waals surface area contributed by atoms with E-state index >= 15 is 0 Å². The van der Waals surface area contributed by atoms with Crippen LogP contribution in [-0.2, 0) is 0 Å². The van der Waals surface area contributed by atoms with Gasteiger partial charge in [0.2, 0.25) is 0 Å². The summed E-state index contributed by atoms with van der Waals surface area (Å²) >= 11 is 1.59. The Morgan fingerprint density at radius 2 is 1.96 bits per heavy atom. The molecule has 1 N–H and O–H groups in total. The summed E-state index contributed by atoms with van der Waals surface area (Å²) in [7, 11) is 2.17. The molecule has 5 heteroatoms. The summed E-state index contributed by atoms with van der Waals surface area (Å²) < 4.78 is 1.19. The maximum atomic E-state index is 12.4. The Morgan fingerprint density at radius 3 is 2.70 bits per heavy atom. The second-order valence-electron chi connectivity index (χ2n) is 6.31. The van der Waals surface area contributed by atoms with Gasteiger partial charge in [-0.25, -0.2) is 0 Å². The molecule has 2 heterocycles. The van der Waals surface area contributed by atoms with Crippen LogP contribution in [0.1, 0.15) is 21.7 Å². The number of benzene rings is 1. The van der Waals surface area contributed by atoms with Crippen LogP contribution in [0.25, 0.3) is 10.1 Å². The lowest BCUT2D eigenvalue weighted by Gasteiger charge is -2.32. The Morgan fingerprint density at radius 1 is 1.22 bits per heavy atom. The molecule has 1 amide bonds.